The van der Waals surface area contributed by atoms with Crippen LogP contribution in [0.3, 0.4) is 0 Å². The van der Waals surface area contributed by atoms with E-state index in [0.29, 0.717) is 18.5 Å². The second kappa shape index (κ2) is 7.11. The van der Waals surface area contributed by atoms with Gasteiger partial charge < -0.3 is 15.7 Å². The van der Waals surface area contributed by atoms with E-state index in [2.05, 4.69) is 31.4 Å². The first-order valence-electron chi connectivity index (χ1n) is 7.15. The number of para-hydroxylation sites is 1. The lowest BCUT2D eigenvalue weighted by atomic mass is 9.86. The molecule has 0 spiro atoms. The molecule has 5 heteroatoms. The Morgan fingerprint density at radius 3 is 2.38 bits per heavy atom. The Morgan fingerprint density at radius 2 is 1.86 bits per heavy atom. The number of hydrogen-bond donors (Lipinski definition) is 3. The van der Waals surface area contributed by atoms with Crippen LogP contribution >= 0.6 is 0 Å². The van der Waals surface area contributed by atoms with Gasteiger partial charge in [-0.1, -0.05) is 52.3 Å². The van der Waals surface area contributed by atoms with Gasteiger partial charge >= 0.3 is 12.0 Å². The third-order valence-electron chi connectivity index (χ3n) is 3.16. The van der Waals surface area contributed by atoms with E-state index in [0.717, 1.165) is 5.56 Å². The van der Waals surface area contributed by atoms with Crippen LogP contribution in [0.5, 0.6) is 0 Å². The summed E-state index contributed by atoms with van der Waals surface area (Å²) in [6, 6.07) is 6.17. The SMILES string of the molecule is CCC[C@H](NC(=O)Nc1ccccc1C(C)(C)C)C(=O)O. The fourth-order valence-electron chi connectivity index (χ4n) is 2.11. The van der Waals surface area contributed by atoms with Crippen molar-refractivity contribution in [2.24, 2.45) is 0 Å². The lowest BCUT2D eigenvalue weighted by Crippen LogP contribution is -2.43. The van der Waals surface area contributed by atoms with Crippen molar-refractivity contribution < 1.29 is 14.7 Å². The number of carbonyl (C=O) groups excluding carboxylic acids is 1. The first-order chi connectivity index (χ1) is 9.75. The number of carboxylic acid groups (broad SMARTS) is 1. The van der Waals surface area contributed by atoms with E-state index in [1.165, 1.54) is 0 Å². The van der Waals surface area contributed by atoms with E-state index in [-0.39, 0.29) is 5.41 Å². The van der Waals surface area contributed by atoms with E-state index in [9.17, 15) is 9.59 Å². The molecule has 0 heterocycles. The summed E-state index contributed by atoms with van der Waals surface area (Å²) in [4.78, 5) is 23.1. The fourth-order valence-corrected chi connectivity index (χ4v) is 2.11. The molecule has 1 rings (SSSR count). The highest BCUT2D eigenvalue weighted by Gasteiger charge is 2.21. The Morgan fingerprint density at radius 1 is 1.24 bits per heavy atom. The number of anilines is 1. The molecule has 2 amide bonds. The van der Waals surface area contributed by atoms with Gasteiger partial charge in [-0.2, -0.15) is 0 Å². The smallest absolute Gasteiger partial charge is 0.326 e. The van der Waals surface area contributed by atoms with Crippen LogP contribution in [0, 0.1) is 0 Å². The largest absolute Gasteiger partial charge is 0.480 e. The molecule has 1 aromatic rings. The first-order valence-corrected chi connectivity index (χ1v) is 7.15. The predicted octanol–water partition coefficient (Wildman–Crippen LogP) is 3.36. The number of urea groups is 1. The molecule has 0 aliphatic rings. The van der Waals surface area contributed by atoms with Crippen LogP contribution in [-0.4, -0.2) is 23.1 Å². The van der Waals surface area contributed by atoms with E-state index in [4.69, 9.17) is 5.11 Å². The summed E-state index contributed by atoms with van der Waals surface area (Å²) in [6.07, 6.45) is 1.10. The highest BCUT2D eigenvalue weighted by atomic mass is 16.4. The van der Waals surface area contributed by atoms with Crippen molar-refractivity contribution in [2.75, 3.05) is 5.32 Å². The van der Waals surface area contributed by atoms with E-state index in [1.807, 2.05) is 31.2 Å². The summed E-state index contributed by atoms with van der Waals surface area (Å²) in [5.74, 6) is -1.02. The Balaban J connectivity index is 2.82. The lowest BCUT2D eigenvalue weighted by molar-refractivity contribution is -0.139. The van der Waals surface area contributed by atoms with Crippen LogP contribution in [0.25, 0.3) is 0 Å². The van der Waals surface area contributed by atoms with Gasteiger partial charge in [-0.15, -0.1) is 0 Å². The molecule has 21 heavy (non-hydrogen) atoms. The van der Waals surface area contributed by atoms with Crippen LogP contribution in [-0.2, 0) is 10.2 Å². The van der Waals surface area contributed by atoms with Crippen molar-refractivity contribution >= 4 is 17.7 Å². The summed E-state index contributed by atoms with van der Waals surface area (Å²) in [5, 5.41) is 14.3. The standard InChI is InChI=1S/C16H24N2O3/c1-5-8-13(14(19)20)18-15(21)17-12-10-7-6-9-11(12)16(2,3)4/h6-7,9-10,13H,5,8H2,1-4H3,(H,19,20)(H2,17,18,21)/t13-/m0/s1. The summed E-state index contributed by atoms with van der Waals surface area (Å²) in [6.45, 7) is 8.05. The van der Waals surface area contributed by atoms with Crippen LogP contribution in [0.2, 0.25) is 0 Å². The first kappa shape index (κ1) is 17.0. The fraction of sp³-hybridized carbons (Fsp3) is 0.500. The Labute approximate surface area is 125 Å². The van der Waals surface area contributed by atoms with Gasteiger partial charge in [-0.25, -0.2) is 9.59 Å². The molecule has 0 fully saturated rings. The number of carbonyl (C=O) groups is 2. The van der Waals surface area contributed by atoms with Crippen LogP contribution in [0.15, 0.2) is 24.3 Å². The summed E-state index contributed by atoms with van der Waals surface area (Å²) in [7, 11) is 0. The number of aliphatic carboxylic acids is 1. The van der Waals surface area contributed by atoms with Crippen molar-refractivity contribution in [3.63, 3.8) is 0 Å². The molecule has 3 N–H and O–H groups in total. The van der Waals surface area contributed by atoms with Crippen molar-refractivity contribution in [3.05, 3.63) is 29.8 Å². The van der Waals surface area contributed by atoms with Gasteiger partial charge in [-0.05, 0) is 23.5 Å². The van der Waals surface area contributed by atoms with Gasteiger partial charge in [0.15, 0.2) is 0 Å². The van der Waals surface area contributed by atoms with E-state index >= 15 is 0 Å². The summed E-state index contributed by atoms with van der Waals surface area (Å²) >= 11 is 0. The number of amides is 2. The minimum atomic E-state index is -1.02. The van der Waals surface area contributed by atoms with Crippen LogP contribution in [0.1, 0.15) is 46.1 Å². The zero-order chi connectivity index (χ0) is 16.0. The molecule has 0 aliphatic carbocycles. The molecular weight excluding hydrogens is 268 g/mol. The molecule has 5 nitrogen and oxygen atoms in total. The molecule has 116 valence electrons. The normalized spacial score (nSPS) is 12.6. The molecule has 0 bridgehead atoms. The second-order valence-electron chi connectivity index (χ2n) is 6.07. The van der Waals surface area contributed by atoms with Crippen molar-refractivity contribution in [3.8, 4) is 0 Å². The third kappa shape index (κ3) is 5.10. The summed E-state index contributed by atoms with van der Waals surface area (Å²) in [5.41, 5.74) is 1.59. The maximum Gasteiger partial charge on any atom is 0.326 e. The molecule has 0 unspecified atom stereocenters. The average Bonchev–Trinajstić information content (AvgIpc) is 2.37. The number of rotatable bonds is 5. The topological polar surface area (TPSA) is 78.4 Å². The predicted molar refractivity (Wildman–Crippen MR) is 83.6 cm³/mol. The summed E-state index contributed by atoms with van der Waals surface area (Å²) < 4.78 is 0. The van der Waals surface area contributed by atoms with Gasteiger partial charge in [0.1, 0.15) is 6.04 Å². The maximum atomic E-state index is 12.0. The lowest BCUT2D eigenvalue weighted by Gasteiger charge is -2.23. The molecule has 0 aliphatic heterocycles. The molecule has 1 atom stereocenters. The molecular formula is C16H24N2O3. The number of carboxylic acids is 1. The minimum absolute atomic E-state index is 0.112. The molecule has 0 aromatic heterocycles. The van der Waals surface area contributed by atoms with Gasteiger partial charge in [0.05, 0.1) is 0 Å². The zero-order valence-corrected chi connectivity index (χ0v) is 13.1. The minimum Gasteiger partial charge on any atom is -0.480 e. The second-order valence-corrected chi connectivity index (χ2v) is 6.07. The quantitative estimate of drug-likeness (QED) is 0.778. The monoisotopic (exact) mass is 292 g/mol. The molecule has 0 saturated heterocycles. The Kier molecular flexibility index (Phi) is 5.76. The Hall–Kier alpha value is -2.04. The molecule has 0 saturated carbocycles. The highest BCUT2D eigenvalue weighted by Crippen LogP contribution is 2.29. The van der Waals surface area contributed by atoms with Crippen molar-refractivity contribution in [1.29, 1.82) is 0 Å². The molecule has 1 aromatic carbocycles. The van der Waals surface area contributed by atoms with Crippen molar-refractivity contribution in [2.45, 2.75) is 52.0 Å². The maximum absolute atomic E-state index is 12.0. The van der Waals surface area contributed by atoms with Gasteiger partial charge in [-0.3, -0.25) is 0 Å². The van der Waals surface area contributed by atoms with E-state index in [1.54, 1.807) is 0 Å². The van der Waals surface area contributed by atoms with Crippen LogP contribution < -0.4 is 10.6 Å². The average molecular weight is 292 g/mol. The van der Waals surface area contributed by atoms with Crippen LogP contribution in [0.4, 0.5) is 10.5 Å². The zero-order valence-electron chi connectivity index (χ0n) is 13.1. The van der Waals surface area contributed by atoms with E-state index < -0.39 is 18.0 Å². The van der Waals surface area contributed by atoms with Gasteiger partial charge in [0.2, 0.25) is 0 Å². The number of benzene rings is 1. The Bertz CT molecular complexity index is 506. The van der Waals surface area contributed by atoms with Gasteiger partial charge in [0, 0.05) is 5.69 Å². The number of hydrogen-bond acceptors (Lipinski definition) is 2. The molecule has 0 radical (unpaired) electrons. The highest BCUT2D eigenvalue weighted by molar-refractivity contribution is 5.93. The van der Waals surface area contributed by atoms with Gasteiger partial charge in [0.25, 0.3) is 0 Å². The third-order valence-corrected chi connectivity index (χ3v) is 3.16. The van der Waals surface area contributed by atoms with Crippen molar-refractivity contribution in [1.82, 2.24) is 5.32 Å². The number of nitrogens with one attached hydrogen (secondary N) is 2.